The van der Waals surface area contributed by atoms with Crippen LogP contribution in [0.4, 0.5) is 0 Å². The normalized spacial score (nSPS) is 20.7. The molecule has 2 unspecified atom stereocenters. The summed E-state index contributed by atoms with van der Waals surface area (Å²) in [7, 11) is 2.02. The van der Waals surface area contributed by atoms with E-state index in [1.54, 1.807) is 11.8 Å². The summed E-state index contributed by atoms with van der Waals surface area (Å²) in [5, 5.41) is 4.29. The van der Waals surface area contributed by atoms with Gasteiger partial charge in [0.2, 0.25) is 0 Å². The van der Waals surface area contributed by atoms with Gasteiger partial charge < -0.3 is 10.1 Å². The standard InChI is InChI=1S/C14H23N3OS/c1-9-10(2)16-14(17-11(9)3)19-8-13(15-4)12-5-6-18-7-12/h12-13,15H,5-8H2,1-4H3. The summed E-state index contributed by atoms with van der Waals surface area (Å²) in [4.78, 5) is 9.12. The van der Waals surface area contributed by atoms with Gasteiger partial charge in [-0.3, -0.25) is 0 Å². The van der Waals surface area contributed by atoms with Crippen LogP contribution in [0.1, 0.15) is 23.4 Å². The van der Waals surface area contributed by atoms with Gasteiger partial charge in [0.1, 0.15) is 0 Å². The van der Waals surface area contributed by atoms with E-state index in [2.05, 4.69) is 36.1 Å². The molecule has 0 aliphatic carbocycles. The van der Waals surface area contributed by atoms with Gasteiger partial charge in [-0.2, -0.15) is 0 Å². The molecule has 5 heteroatoms. The van der Waals surface area contributed by atoms with Crippen LogP contribution in [0.5, 0.6) is 0 Å². The summed E-state index contributed by atoms with van der Waals surface area (Å²) in [5.41, 5.74) is 3.36. The fourth-order valence-corrected chi connectivity index (χ4v) is 3.47. The van der Waals surface area contributed by atoms with Crippen molar-refractivity contribution in [2.45, 2.75) is 38.4 Å². The first-order valence-electron chi connectivity index (χ1n) is 6.81. The van der Waals surface area contributed by atoms with Gasteiger partial charge in [-0.1, -0.05) is 11.8 Å². The van der Waals surface area contributed by atoms with Crippen molar-refractivity contribution in [2.75, 3.05) is 26.0 Å². The second-order valence-electron chi connectivity index (χ2n) is 5.13. The molecule has 2 atom stereocenters. The van der Waals surface area contributed by atoms with Crippen LogP contribution in [0, 0.1) is 26.7 Å². The third-order valence-electron chi connectivity index (χ3n) is 3.91. The molecule has 1 N–H and O–H groups in total. The third kappa shape index (κ3) is 3.68. The zero-order valence-electron chi connectivity index (χ0n) is 12.2. The van der Waals surface area contributed by atoms with Crippen molar-refractivity contribution in [1.82, 2.24) is 15.3 Å². The van der Waals surface area contributed by atoms with Gasteiger partial charge in [0.15, 0.2) is 5.16 Å². The van der Waals surface area contributed by atoms with E-state index in [0.29, 0.717) is 12.0 Å². The molecule has 4 nitrogen and oxygen atoms in total. The second-order valence-corrected chi connectivity index (χ2v) is 6.12. The monoisotopic (exact) mass is 281 g/mol. The Kier molecular flexibility index (Phi) is 5.19. The first-order valence-corrected chi connectivity index (χ1v) is 7.80. The molecule has 1 aliphatic rings. The summed E-state index contributed by atoms with van der Waals surface area (Å²) < 4.78 is 5.47. The molecule has 2 heterocycles. The van der Waals surface area contributed by atoms with Crippen molar-refractivity contribution in [1.29, 1.82) is 0 Å². The van der Waals surface area contributed by atoms with E-state index >= 15 is 0 Å². The highest BCUT2D eigenvalue weighted by atomic mass is 32.2. The average Bonchev–Trinajstić information content (AvgIpc) is 2.90. The summed E-state index contributed by atoms with van der Waals surface area (Å²) >= 11 is 1.74. The van der Waals surface area contributed by atoms with E-state index in [4.69, 9.17) is 4.74 Å². The Morgan fingerprint density at radius 1 is 1.32 bits per heavy atom. The molecule has 0 bridgehead atoms. The minimum Gasteiger partial charge on any atom is -0.381 e. The van der Waals surface area contributed by atoms with E-state index in [-0.39, 0.29) is 0 Å². The molecule has 1 saturated heterocycles. The van der Waals surface area contributed by atoms with Crippen LogP contribution in [0.15, 0.2) is 5.16 Å². The van der Waals surface area contributed by atoms with E-state index in [0.717, 1.165) is 41.9 Å². The van der Waals surface area contributed by atoms with Crippen LogP contribution in [0.3, 0.4) is 0 Å². The fraction of sp³-hybridized carbons (Fsp3) is 0.714. The van der Waals surface area contributed by atoms with Crippen LogP contribution in [-0.4, -0.2) is 42.0 Å². The largest absolute Gasteiger partial charge is 0.381 e. The number of nitrogens with zero attached hydrogens (tertiary/aromatic N) is 2. The molecular weight excluding hydrogens is 258 g/mol. The van der Waals surface area contributed by atoms with Crippen molar-refractivity contribution in [3.05, 3.63) is 17.0 Å². The van der Waals surface area contributed by atoms with Crippen LogP contribution in [0.2, 0.25) is 0 Å². The minimum absolute atomic E-state index is 0.470. The van der Waals surface area contributed by atoms with Gasteiger partial charge in [0, 0.05) is 35.7 Å². The number of thioether (sulfide) groups is 1. The zero-order chi connectivity index (χ0) is 13.8. The van der Waals surface area contributed by atoms with E-state index in [1.807, 2.05) is 7.05 Å². The Labute approximate surface area is 119 Å². The van der Waals surface area contributed by atoms with Gasteiger partial charge in [0.25, 0.3) is 0 Å². The topological polar surface area (TPSA) is 47.0 Å². The van der Waals surface area contributed by atoms with Crippen molar-refractivity contribution < 1.29 is 4.74 Å². The summed E-state index contributed by atoms with van der Waals surface area (Å²) in [6.45, 7) is 7.94. The van der Waals surface area contributed by atoms with Crippen molar-refractivity contribution >= 4 is 11.8 Å². The van der Waals surface area contributed by atoms with Crippen LogP contribution in [0.25, 0.3) is 0 Å². The highest BCUT2D eigenvalue weighted by Gasteiger charge is 2.24. The minimum atomic E-state index is 0.470. The van der Waals surface area contributed by atoms with Crippen LogP contribution < -0.4 is 5.32 Å². The quantitative estimate of drug-likeness (QED) is 0.662. The SMILES string of the molecule is CNC(CSc1nc(C)c(C)c(C)n1)C1CCOC1. The number of hydrogen-bond acceptors (Lipinski definition) is 5. The molecule has 0 amide bonds. The maximum Gasteiger partial charge on any atom is 0.188 e. The highest BCUT2D eigenvalue weighted by Crippen LogP contribution is 2.23. The Morgan fingerprint density at radius 3 is 2.53 bits per heavy atom. The molecule has 2 rings (SSSR count). The molecule has 1 aromatic heterocycles. The smallest absolute Gasteiger partial charge is 0.188 e. The predicted molar refractivity (Wildman–Crippen MR) is 78.7 cm³/mol. The molecule has 106 valence electrons. The molecule has 1 aliphatic heterocycles. The lowest BCUT2D eigenvalue weighted by molar-refractivity contribution is 0.179. The number of aromatic nitrogens is 2. The predicted octanol–water partition coefficient (Wildman–Crippen LogP) is 2.12. The molecule has 0 aromatic carbocycles. The Bertz CT molecular complexity index is 410. The Hall–Kier alpha value is -0.650. The van der Waals surface area contributed by atoms with Crippen LogP contribution >= 0.6 is 11.8 Å². The van der Waals surface area contributed by atoms with Crippen molar-refractivity contribution in [3.8, 4) is 0 Å². The second kappa shape index (κ2) is 6.68. The average molecular weight is 281 g/mol. The van der Waals surface area contributed by atoms with Crippen LogP contribution in [-0.2, 0) is 4.74 Å². The zero-order valence-corrected chi connectivity index (χ0v) is 13.0. The Morgan fingerprint density at radius 2 is 2.00 bits per heavy atom. The lowest BCUT2D eigenvalue weighted by Gasteiger charge is -2.21. The summed E-state index contributed by atoms with van der Waals surface area (Å²) in [6.07, 6.45) is 1.15. The highest BCUT2D eigenvalue weighted by molar-refractivity contribution is 7.99. The van der Waals surface area contributed by atoms with Gasteiger partial charge in [-0.15, -0.1) is 0 Å². The maximum atomic E-state index is 5.47. The molecular formula is C14H23N3OS. The third-order valence-corrected chi connectivity index (χ3v) is 4.88. The van der Waals surface area contributed by atoms with Crippen molar-refractivity contribution in [3.63, 3.8) is 0 Å². The summed E-state index contributed by atoms with van der Waals surface area (Å²) in [5.74, 6) is 1.61. The first kappa shape index (κ1) is 14.8. The molecule has 0 radical (unpaired) electrons. The lowest BCUT2D eigenvalue weighted by Crippen LogP contribution is -2.36. The number of ether oxygens (including phenoxy) is 1. The van der Waals surface area contributed by atoms with Gasteiger partial charge in [0.05, 0.1) is 6.61 Å². The summed E-state index contributed by atoms with van der Waals surface area (Å²) in [6, 6.07) is 0.470. The molecule has 19 heavy (non-hydrogen) atoms. The number of nitrogens with one attached hydrogen (secondary N) is 1. The van der Waals surface area contributed by atoms with Gasteiger partial charge >= 0.3 is 0 Å². The molecule has 0 spiro atoms. The van der Waals surface area contributed by atoms with Crippen molar-refractivity contribution in [2.24, 2.45) is 5.92 Å². The first-order chi connectivity index (χ1) is 9.11. The number of aryl methyl sites for hydroxylation is 2. The van der Waals surface area contributed by atoms with Gasteiger partial charge in [-0.25, -0.2) is 9.97 Å². The number of rotatable bonds is 5. The van der Waals surface area contributed by atoms with E-state index in [1.165, 1.54) is 5.56 Å². The molecule has 1 fully saturated rings. The fourth-order valence-electron chi connectivity index (χ4n) is 2.30. The van der Waals surface area contributed by atoms with E-state index in [9.17, 15) is 0 Å². The van der Waals surface area contributed by atoms with Gasteiger partial charge in [-0.05, 0) is 39.8 Å². The Balaban J connectivity index is 1.97. The van der Waals surface area contributed by atoms with E-state index < -0.39 is 0 Å². The molecule has 0 saturated carbocycles. The number of hydrogen-bond donors (Lipinski definition) is 1. The maximum absolute atomic E-state index is 5.47. The molecule has 1 aromatic rings. The lowest BCUT2D eigenvalue weighted by atomic mass is 10.0.